The van der Waals surface area contributed by atoms with Crippen molar-refractivity contribution < 1.29 is 9.66 Å². The van der Waals surface area contributed by atoms with E-state index in [1.165, 1.54) is 12.1 Å². The highest BCUT2D eigenvalue weighted by molar-refractivity contribution is 5.81. The quantitative estimate of drug-likeness (QED) is 0.531. The molecular formula is C18H16N2O3. The number of fused-ring (bicyclic) bond motifs is 1. The third kappa shape index (κ3) is 2.94. The summed E-state index contributed by atoms with van der Waals surface area (Å²) < 4.78 is 6.02. The van der Waals surface area contributed by atoms with Gasteiger partial charge in [0.05, 0.1) is 4.92 Å². The van der Waals surface area contributed by atoms with E-state index in [0.717, 1.165) is 16.5 Å². The van der Waals surface area contributed by atoms with E-state index >= 15 is 0 Å². The van der Waals surface area contributed by atoms with Crippen molar-refractivity contribution in [2.75, 3.05) is 0 Å². The van der Waals surface area contributed by atoms with Gasteiger partial charge in [-0.05, 0) is 43.7 Å². The van der Waals surface area contributed by atoms with Crippen LogP contribution in [0.25, 0.3) is 17.0 Å². The van der Waals surface area contributed by atoms with Crippen molar-refractivity contribution >= 4 is 22.7 Å². The summed E-state index contributed by atoms with van der Waals surface area (Å²) in [5.74, 6) is 1.32. The van der Waals surface area contributed by atoms with E-state index in [4.69, 9.17) is 4.74 Å². The SMILES string of the molecule is C/C=C\c1cc([N+](=O)[O-])cc(C)c1Oc1ccc2[nH]ccc2c1. The van der Waals surface area contributed by atoms with Crippen LogP contribution in [0.5, 0.6) is 11.5 Å². The fraction of sp³-hybridized carbons (Fsp3) is 0.111. The summed E-state index contributed by atoms with van der Waals surface area (Å²) in [5.41, 5.74) is 2.50. The second-order valence-corrected chi connectivity index (χ2v) is 5.27. The van der Waals surface area contributed by atoms with Crippen molar-refractivity contribution in [2.45, 2.75) is 13.8 Å². The molecule has 0 radical (unpaired) electrons. The smallest absolute Gasteiger partial charge is 0.270 e. The molecule has 0 fully saturated rings. The normalized spacial score (nSPS) is 11.2. The van der Waals surface area contributed by atoms with Crippen LogP contribution in [0.3, 0.4) is 0 Å². The zero-order valence-corrected chi connectivity index (χ0v) is 12.9. The minimum Gasteiger partial charge on any atom is -0.456 e. The summed E-state index contributed by atoms with van der Waals surface area (Å²) in [5, 5.41) is 12.1. The summed E-state index contributed by atoms with van der Waals surface area (Å²) in [6, 6.07) is 10.8. The first-order valence-electron chi connectivity index (χ1n) is 7.25. The lowest BCUT2D eigenvalue weighted by Crippen LogP contribution is -1.95. The van der Waals surface area contributed by atoms with Crippen molar-refractivity contribution in [1.29, 1.82) is 0 Å². The Morgan fingerprint density at radius 3 is 2.78 bits per heavy atom. The van der Waals surface area contributed by atoms with Crippen LogP contribution in [0.2, 0.25) is 0 Å². The molecule has 5 nitrogen and oxygen atoms in total. The second kappa shape index (κ2) is 5.96. The molecule has 116 valence electrons. The molecule has 3 rings (SSSR count). The predicted octanol–water partition coefficient (Wildman–Crippen LogP) is 5.21. The van der Waals surface area contributed by atoms with Crippen LogP contribution >= 0.6 is 0 Å². The molecule has 2 aromatic carbocycles. The zero-order chi connectivity index (χ0) is 16.4. The van der Waals surface area contributed by atoms with Gasteiger partial charge in [-0.15, -0.1) is 0 Å². The Bertz CT molecular complexity index is 910. The number of nitro benzene ring substituents is 1. The molecule has 0 saturated carbocycles. The molecule has 5 heteroatoms. The van der Waals surface area contributed by atoms with Crippen molar-refractivity contribution in [3.8, 4) is 11.5 Å². The highest BCUT2D eigenvalue weighted by Gasteiger charge is 2.15. The molecule has 1 heterocycles. The summed E-state index contributed by atoms with van der Waals surface area (Å²) in [4.78, 5) is 13.8. The number of nitrogens with zero attached hydrogens (tertiary/aromatic N) is 1. The third-order valence-electron chi connectivity index (χ3n) is 3.59. The number of benzene rings is 2. The van der Waals surface area contributed by atoms with Gasteiger partial charge in [0.2, 0.25) is 0 Å². The number of non-ortho nitro benzene ring substituents is 1. The highest BCUT2D eigenvalue weighted by atomic mass is 16.6. The van der Waals surface area contributed by atoms with Crippen molar-refractivity contribution in [1.82, 2.24) is 4.98 Å². The Morgan fingerprint density at radius 1 is 1.22 bits per heavy atom. The van der Waals surface area contributed by atoms with Gasteiger partial charge in [-0.3, -0.25) is 10.1 Å². The number of hydrogen-bond donors (Lipinski definition) is 1. The van der Waals surface area contributed by atoms with E-state index in [2.05, 4.69) is 4.98 Å². The predicted molar refractivity (Wildman–Crippen MR) is 90.9 cm³/mol. The number of aromatic amines is 1. The van der Waals surface area contributed by atoms with Crippen LogP contribution in [0.15, 0.2) is 48.7 Å². The van der Waals surface area contributed by atoms with Gasteiger partial charge < -0.3 is 9.72 Å². The van der Waals surface area contributed by atoms with Crippen LogP contribution in [-0.2, 0) is 0 Å². The molecule has 1 N–H and O–H groups in total. The zero-order valence-electron chi connectivity index (χ0n) is 12.9. The second-order valence-electron chi connectivity index (χ2n) is 5.27. The van der Waals surface area contributed by atoms with Gasteiger partial charge in [-0.25, -0.2) is 0 Å². The lowest BCUT2D eigenvalue weighted by atomic mass is 10.1. The van der Waals surface area contributed by atoms with Gasteiger partial charge in [0.15, 0.2) is 0 Å². The van der Waals surface area contributed by atoms with E-state index < -0.39 is 4.92 Å². The summed E-state index contributed by atoms with van der Waals surface area (Å²) in [7, 11) is 0. The maximum Gasteiger partial charge on any atom is 0.270 e. The largest absolute Gasteiger partial charge is 0.456 e. The van der Waals surface area contributed by atoms with Crippen molar-refractivity contribution in [3.05, 3.63) is 69.9 Å². The van der Waals surface area contributed by atoms with E-state index in [1.807, 2.05) is 56.5 Å². The summed E-state index contributed by atoms with van der Waals surface area (Å²) in [6.45, 7) is 3.67. The summed E-state index contributed by atoms with van der Waals surface area (Å²) in [6.07, 6.45) is 5.52. The lowest BCUT2D eigenvalue weighted by Gasteiger charge is -2.12. The van der Waals surface area contributed by atoms with Gasteiger partial charge in [-0.2, -0.15) is 0 Å². The van der Waals surface area contributed by atoms with Crippen LogP contribution in [-0.4, -0.2) is 9.91 Å². The topological polar surface area (TPSA) is 68.2 Å². The Labute approximate surface area is 133 Å². The molecule has 0 atom stereocenters. The van der Waals surface area contributed by atoms with E-state index in [1.54, 1.807) is 0 Å². The molecule has 1 aromatic heterocycles. The number of ether oxygens (including phenoxy) is 1. The first-order valence-corrected chi connectivity index (χ1v) is 7.25. The molecule has 0 aliphatic heterocycles. The standard InChI is InChI=1S/C18H16N2O3/c1-3-4-14-10-15(20(21)22)9-12(2)18(14)23-16-5-6-17-13(11-16)7-8-19-17/h3-11,19H,1-2H3/b4-3-. The number of hydrogen-bond acceptors (Lipinski definition) is 3. The monoisotopic (exact) mass is 308 g/mol. The molecule has 0 saturated heterocycles. The molecule has 3 aromatic rings. The van der Waals surface area contributed by atoms with Crippen LogP contribution in [0.4, 0.5) is 5.69 Å². The van der Waals surface area contributed by atoms with Crippen LogP contribution in [0.1, 0.15) is 18.1 Å². The van der Waals surface area contributed by atoms with Gasteiger partial charge >= 0.3 is 0 Å². The molecule has 0 unspecified atom stereocenters. The Hall–Kier alpha value is -3.08. The first-order chi connectivity index (χ1) is 11.1. The first kappa shape index (κ1) is 14.8. The number of nitro groups is 1. The third-order valence-corrected chi connectivity index (χ3v) is 3.59. The summed E-state index contributed by atoms with van der Waals surface area (Å²) >= 11 is 0. The van der Waals surface area contributed by atoms with E-state index in [0.29, 0.717) is 17.1 Å². The fourth-order valence-electron chi connectivity index (χ4n) is 2.54. The van der Waals surface area contributed by atoms with E-state index in [9.17, 15) is 10.1 Å². The van der Waals surface area contributed by atoms with Crippen LogP contribution < -0.4 is 4.74 Å². The number of H-pyrrole nitrogens is 1. The Morgan fingerprint density at radius 2 is 2.04 bits per heavy atom. The molecule has 0 aliphatic rings. The number of aromatic nitrogens is 1. The Balaban J connectivity index is 2.05. The molecule has 0 amide bonds. The highest BCUT2D eigenvalue weighted by Crippen LogP contribution is 2.34. The number of rotatable bonds is 4. The van der Waals surface area contributed by atoms with Gasteiger partial charge in [0.25, 0.3) is 5.69 Å². The van der Waals surface area contributed by atoms with Crippen LogP contribution in [0, 0.1) is 17.0 Å². The minimum atomic E-state index is -0.393. The molecule has 0 spiro atoms. The number of allylic oxidation sites excluding steroid dienone is 1. The average molecular weight is 308 g/mol. The lowest BCUT2D eigenvalue weighted by molar-refractivity contribution is -0.384. The Kier molecular flexibility index (Phi) is 3.85. The molecule has 0 aliphatic carbocycles. The van der Waals surface area contributed by atoms with Crippen molar-refractivity contribution in [2.24, 2.45) is 0 Å². The fourth-order valence-corrected chi connectivity index (χ4v) is 2.54. The van der Waals surface area contributed by atoms with E-state index in [-0.39, 0.29) is 5.69 Å². The number of nitrogens with one attached hydrogen (secondary N) is 1. The van der Waals surface area contributed by atoms with Crippen molar-refractivity contribution in [3.63, 3.8) is 0 Å². The maximum absolute atomic E-state index is 11.0. The molecule has 0 bridgehead atoms. The minimum absolute atomic E-state index is 0.0593. The van der Waals surface area contributed by atoms with Gasteiger partial charge in [0.1, 0.15) is 11.5 Å². The van der Waals surface area contributed by atoms with Gasteiger partial charge in [-0.1, -0.05) is 12.2 Å². The maximum atomic E-state index is 11.0. The molecular weight excluding hydrogens is 292 g/mol. The average Bonchev–Trinajstić information content (AvgIpc) is 2.98. The van der Waals surface area contributed by atoms with Gasteiger partial charge in [0, 0.05) is 34.8 Å². The molecule has 23 heavy (non-hydrogen) atoms. The number of aryl methyl sites for hydroxylation is 1.